The first kappa shape index (κ1) is 11.6. The zero-order valence-electron chi connectivity index (χ0n) is 9.76. The van der Waals surface area contributed by atoms with Gasteiger partial charge in [0.25, 0.3) is 0 Å². The average Bonchev–Trinajstić information content (AvgIpc) is 2.69. The molecule has 1 aliphatic heterocycles. The molecule has 1 aliphatic rings. The zero-order chi connectivity index (χ0) is 12.3. The van der Waals surface area contributed by atoms with E-state index in [1.165, 1.54) is 4.90 Å². The summed E-state index contributed by atoms with van der Waals surface area (Å²) >= 11 is 0. The lowest BCUT2D eigenvalue weighted by atomic mass is 10.2. The molecule has 1 aromatic carbocycles. The predicted octanol–water partition coefficient (Wildman–Crippen LogP) is 1.99. The van der Waals surface area contributed by atoms with Gasteiger partial charge < -0.3 is 4.74 Å². The maximum Gasteiger partial charge on any atom is 0.410 e. The summed E-state index contributed by atoms with van der Waals surface area (Å²) in [7, 11) is 0. The fraction of sp³-hybridized carbons (Fsp3) is 0.385. The van der Waals surface area contributed by atoms with E-state index >= 15 is 0 Å². The van der Waals surface area contributed by atoms with Crippen molar-refractivity contribution in [1.82, 2.24) is 4.90 Å². The second-order valence-corrected chi connectivity index (χ2v) is 4.13. The van der Waals surface area contributed by atoms with Crippen LogP contribution in [0.4, 0.5) is 4.79 Å². The van der Waals surface area contributed by atoms with E-state index in [9.17, 15) is 9.59 Å². The molecule has 0 bridgehead atoms. The lowest BCUT2D eigenvalue weighted by molar-refractivity contribution is -0.119. The number of amides is 1. The zero-order valence-corrected chi connectivity index (χ0v) is 9.76. The van der Waals surface area contributed by atoms with Crippen molar-refractivity contribution in [3.63, 3.8) is 0 Å². The van der Waals surface area contributed by atoms with Gasteiger partial charge in [0.05, 0.1) is 6.04 Å². The van der Waals surface area contributed by atoms with Crippen molar-refractivity contribution in [3.8, 4) is 0 Å². The van der Waals surface area contributed by atoms with E-state index in [4.69, 9.17) is 4.74 Å². The number of Topliss-reactive ketones (excluding diaryl/α,β-unsaturated/α-hetero) is 1. The van der Waals surface area contributed by atoms with Crippen LogP contribution in [0.25, 0.3) is 0 Å². The van der Waals surface area contributed by atoms with Gasteiger partial charge in [0.2, 0.25) is 0 Å². The number of likely N-dealkylation sites (tertiary alicyclic amines) is 1. The third-order valence-corrected chi connectivity index (χ3v) is 2.97. The maximum absolute atomic E-state index is 11.7. The van der Waals surface area contributed by atoms with Gasteiger partial charge in [-0.05, 0) is 12.5 Å². The fourth-order valence-electron chi connectivity index (χ4n) is 1.86. The van der Waals surface area contributed by atoms with Gasteiger partial charge in [-0.3, -0.25) is 9.69 Å². The first-order valence-electron chi connectivity index (χ1n) is 5.68. The normalized spacial score (nSPS) is 19.5. The Bertz CT molecular complexity index is 416. The molecule has 1 saturated heterocycles. The van der Waals surface area contributed by atoms with Crippen LogP contribution in [0.15, 0.2) is 30.3 Å². The second kappa shape index (κ2) is 4.99. The summed E-state index contributed by atoms with van der Waals surface area (Å²) in [5.41, 5.74) is 0.944. The molecule has 0 aromatic heterocycles. The Labute approximate surface area is 100 Å². The smallest absolute Gasteiger partial charge is 0.410 e. The van der Waals surface area contributed by atoms with E-state index in [1.54, 1.807) is 6.92 Å². The Morgan fingerprint density at radius 2 is 2.12 bits per heavy atom. The van der Waals surface area contributed by atoms with Gasteiger partial charge in [-0.15, -0.1) is 0 Å². The first-order valence-corrected chi connectivity index (χ1v) is 5.68. The highest BCUT2D eigenvalue weighted by Gasteiger charge is 2.32. The minimum atomic E-state index is -0.410. The molecule has 90 valence electrons. The van der Waals surface area contributed by atoms with E-state index in [1.807, 2.05) is 30.3 Å². The molecule has 1 fully saturated rings. The van der Waals surface area contributed by atoms with E-state index in [0.29, 0.717) is 13.0 Å². The number of nitrogens with zero attached hydrogens (tertiary/aromatic N) is 1. The molecule has 4 heteroatoms. The third-order valence-electron chi connectivity index (χ3n) is 2.97. The number of carbonyl (C=O) groups excluding carboxylic acids is 2. The summed E-state index contributed by atoms with van der Waals surface area (Å²) in [6.07, 6.45) is 0.0221. The van der Waals surface area contributed by atoms with Gasteiger partial charge in [0.1, 0.15) is 6.61 Å². The maximum atomic E-state index is 11.7. The molecular formula is C13H15NO3. The van der Waals surface area contributed by atoms with Gasteiger partial charge in [-0.25, -0.2) is 4.79 Å². The molecule has 2 rings (SSSR count). The van der Waals surface area contributed by atoms with Crippen molar-refractivity contribution in [2.75, 3.05) is 6.54 Å². The first-order chi connectivity index (χ1) is 8.18. The van der Waals surface area contributed by atoms with E-state index < -0.39 is 6.09 Å². The third kappa shape index (κ3) is 2.64. The molecule has 0 saturated carbocycles. The quantitative estimate of drug-likeness (QED) is 0.784. The van der Waals surface area contributed by atoms with Gasteiger partial charge in [0, 0.05) is 13.0 Å². The van der Waals surface area contributed by atoms with Crippen LogP contribution < -0.4 is 0 Å². The van der Waals surface area contributed by atoms with Gasteiger partial charge in [0.15, 0.2) is 5.78 Å². The van der Waals surface area contributed by atoms with Crippen molar-refractivity contribution in [3.05, 3.63) is 35.9 Å². The van der Waals surface area contributed by atoms with E-state index in [-0.39, 0.29) is 18.4 Å². The molecule has 0 spiro atoms. The lowest BCUT2D eigenvalue weighted by Crippen LogP contribution is -2.36. The summed E-state index contributed by atoms with van der Waals surface area (Å²) in [5.74, 6) is 0.0988. The van der Waals surface area contributed by atoms with Crippen molar-refractivity contribution in [2.45, 2.75) is 26.0 Å². The molecule has 4 nitrogen and oxygen atoms in total. The van der Waals surface area contributed by atoms with Crippen molar-refractivity contribution < 1.29 is 14.3 Å². The van der Waals surface area contributed by atoms with Crippen LogP contribution in [-0.2, 0) is 16.1 Å². The summed E-state index contributed by atoms with van der Waals surface area (Å²) in [4.78, 5) is 24.5. The highest BCUT2D eigenvalue weighted by molar-refractivity contribution is 5.90. The Morgan fingerprint density at radius 3 is 2.71 bits per heavy atom. The molecule has 17 heavy (non-hydrogen) atoms. The summed E-state index contributed by atoms with van der Waals surface area (Å²) < 4.78 is 5.17. The van der Waals surface area contributed by atoms with Crippen LogP contribution in [0.5, 0.6) is 0 Å². The number of ketones is 1. The molecule has 1 aromatic rings. The molecule has 1 heterocycles. The van der Waals surface area contributed by atoms with Crippen LogP contribution in [0, 0.1) is 0 Å². The van der Waals surface area contributed by atoms with Crippen molar-refractivity contribution in [1.29, 1.82) is 0 Å². The summed E-state index contributed by atoms with van der Waals surface area (Å²) in [6, 6.07) is 9.14. The second-order valence-electron chi connectivity index (χ2n) is 4.13. The van der Waals surface area contributed by atoms with Gasteiger partial charge >= 0.3 is 6.09 Å². The van der Waals surface area contributed by atoms with Crippen LogP contribution in [0.1, 0.15) is 18.9 Å². The predicted molar refractivity (Wildman–Crippen MR) is 62.4 cm³/mol. The van der Waals surface area contributed by atoms with Gasteiger partial charge in [-0.2, -0.15) is 0 Å². The highest BCUT2D eigenvalue weighted by Crippen LogP contribution is 2.15. The molecule has 0 unspecified atom stereocenters. The Morgan fingerprint density at radius 1 is 1.41 bits per heavy atom. The number of carbonyl (C=O) groups is 2. The molecular weight excluding hydrogens is 218 g/mol. The highest BCUT2D eigenvalue weighted by atomic mass is 16.6. The average molecular weight is 233 g/mol. The monoisotopic (exact) mass is 233 g/mol. The summed E-state index contributed by atoms with van der Waals surface area (Å²) in [5, 5.41) is 0. The molecule has 1 amide bonds. The number of hydrogen-bond donors (Lipinski definition) is 0. The minimum Gasteiger partial charge on any atom is -0.445 e. The van der Waals surface area contributed by atoms with Crippen molar-refractivity contribution in [2.24, 2.45) is 0 Å². The summed E-state index contributed by atoms with van der Waals surface area (Å²) in [6.45, 7) is 2.45. The standard InChI is InChI=1S/C13H15NO3/c1-10-12(15)7-8-14(10)13(16)17-9-11-5-3-2-4-6-11/h2-6,10H,7-9H2,1H3/t10-/m0/s1. The van der Waals surface area contributed by atoms with Crippen LogP contribution >= 0.6 is 0 Å². The fourth-order valence-corrected chi connectivity index (χ4v) is 1.86. The Balaban J connectivity index is 1.88. The minimum absolute atomic E-state index is 0.0988. The van der Waals surface area contributed by atoms with Gasteiger partial charge in [-0.1, -0.05) is 30.3 Å². The van der Waals surface area contributed by atoms with Crippen LogP contribution in [-0.4, -0.2) is 29.4 Å². The number of hydrogen-bond acceptors (Lipinski definition) is 3. The lowest BCUT2D eigenvalue weighted by Gasteiger charge is -2.19. The number of benzene rings is 1. The number of rotatable bonds is 2. The Kier molecular flexibility index (Phi) is 3.42. The SMILES string of the molecule is C[C@H]1C(=O)CCN1C(=O)OCc1ccccc1. The molecule has 0 aliphatic carbocycles. The van der Waals surface area contributed by atoms with E-state index in [0.717, 1.165) is 5.56 Å². The topological polar surface area (TPSA) is 46.6 Å². The Hall–Kier alpha value is -1.84. The van der Waals surface area contributed by atoms with Crippen molar-refractivity contribution >= 4 is 11.9 Å². The molecule has 0 radical (unpaired) electrons. The molecule has 0 N–H and O–H groups in total. The molecule has 1 atom stereocenters. The largest absolute Gasteiger partial charge is 0.445 e. The van der Waals surface area contributed by atoms with E-state index in [2.05, 4.69) is 0 Å². The van der Waals surface area contributed by atoms with Crippen LogP contribution in [0.3, 0.4) is 0 Å². The van der Waals surface area contributed by atoms with Crippen LogP contribution in [0.2, 0.25) is 0 Å². The number of ether oxygens (including phenoxy) is 1.